The van der Waals surface area contributed by atoms with Crippen molar-refractivity contribution in [2.75, 3.05) is 12.4 Å². The largest absolute Gasteiger partial charge is 0.489 e. The van der Waals surface area contributed by atoms with Crippen LogP contribution in [-0.4, -0.2) is 22.8 Å². The van der Waals surface area contributed by atoms with Gasteiger partial charge >= 0.3 is 0 Å². The minimum atomic E-state index is -0.162. The van der Waals surface area contributed by atoms with E-state index in [1.165, 1.54) is 16.9 Å². The number of aromatic nitrogens is 2. The van der Waals surface area contributed by atoms with Crippen molar-refractivity contribution in [1.29, 1.82) is 0 Å². The van der Waals surface area contributed by atoms with Crippen LogP contribution in [0.15, 0.2) is 42.0 Å². The van der Waals surface area contributed by atoms with Gasteiger partial charge in [0.1, 0.15) is 19.1 Å². The molecule has 0 saturated carbocycles. The van der Waals surface area contributed by atoms with Gasteiger partial charge in [-0.2, -0.15) is 5.10 Å². The van der Waals surface area contributed by atoms with Gasteiger partial charge in [-0.1, -0.05) is 17.7 Å². The van der Waals surface area contributed by atoms with Crippen molar-refractivity contribution >= 4 is 22.9 Å². The molecule has 136 valence electrons. The van der Waals surface area contributed by atoms with Gasteiger partial charge in [-0.25, -0.2) is 4.68 Å². The number of hydrogen-bond acceptors (Lipinski definition) is 5. The Morgan fingerprint density at radius 3 is 2.92 bits per heavy atom. The van der Waals surface area contributed by atoms with Crippen molar-refractivity contribution in [2.24, 2.45) is 0 Å². The lowest BCUT2D eigenvalue weighted by atomic mass is 10.1. The molecule has 0 aliphatic rings. The number of benzene rings is 1. The van der Waals surface area contributed by atoms with E-state index in [0.29, 0.717) is 23.9 Å². The Morgan fingerprint density at radius 2 is 2.15 bits per heavy atom. The van der Waals surface area contributed by atoms with Gasteiger partial charge in [0.15, 0.2) is 0 Å². The molecule has 3 aromatic rings. The number of nitrogens with zero attached hydrogens (tertiary/aromatic N) is 2. The average Bonchev–Trinajstić information content (AvgIpc) is 3.24. The zero-order valence-electron chi connectivity index (χ0n) is 15.0. The summed E-state index contributed by atoms with van der Waals surface area (Å²) in [6, 6.07) is 7.94. The van der Waals surface area contributed by atoms with Crippen LogP contribution >= 0.6 is 11.3 Å². The highest BCUT2D eigenvalue weighted by molar-refractivity contribution is 7.12. The first-order valence-corrected chi connectivity index (χ1v) is 9.03. The maximum Gasteiger partial charge on any atom is 0.265 e. The smallest absolute Gasteiger partial charge is 0.265 e. The van der Waals surface area contributed by atoms with Gasteiger partial charge < -0.3 is 14.8 Å². The minimum Gasteiger partial charge on any atom is -0.489 e. The van der Waals surface area contributed by atoms with E-state index in [9.17, 15) is 4.79 Å². The molecule has 1 amide bonds. The zero-order chi connectivity index (χ0) is 18.5. The highest BCUT2D eigenvalue weighted by atomic mass is 32.1. The first-order chi connectivity index (χ1) is 12.5. The second-order valence-corrected chi connectivity index (χ2v) is 6.93. The van der Waals surface area contributed by atoms with E-state index in [2.05, 4.69) is 23.4 Å². The van der Waals surface area contributed by atoms with Gasteiger partial charge in [0.25, 0.3) is 5.91 Å². The van der Waals surface area contributed by atoms with Crippen LogP contribution < -0.4 is 10.1 Å². The summed E-state index contributed by atoms with van der Waals surface area (Å²) < 4.78 is 12.5. The molecule has 0 radical (unpaired) electrons. The quantitative estimate of drug-likeness (QED) is 0.682. The van der Waals surface area contributed by atoms with Gasteiger partial charge in [-0.3, -0.25) is 4.79 Å². The molecule has 0 saturated heterocycles. The van der Waals surface area contributed by atoms with E-state index < -0.39 is 0 Å². The van der Waals surface area contributed by atoms with Gasteiger partial charge in [0, 0.05) is 12.7 Å². The molecule has 0 fully saturated rings. The number of ether oxygens (including phenoxy) is 2. The molecule has 0 unspecified atom stereocenters. The normalized spacial score (nSPS) is 10.7. The molecule has 6 nitrogen and oxygen atoms in total. The van der Waals surface area contributed by atoms with Crippen molar-refractivity contribution in [1.82, 2.24) is 9.78 Å². The predicted molar refractivity (Wildman–Crippen MR) is 102 cm³/mol. The molecule has 0 spiro atoms. The van der Waals surface area contributed by atoms with Crippen LogP contribution in [0.3, 0.4) is 0 Å². The zero-order valence-corrected chi connectivity index (χ0v) is 15.8. The number of methoxy groups -OCH3 is 1. The minimum absolute atomic E-state index is 0.162. The van der Waals surface area contributed by atoms with Crippen LogP contribution in [0.5, 0.6) is 5.75 Å². The molecule has 7 heteroatoms. The summed E-state index contributed by atoms with van der Waals surface area (Å²) in [7, 11) is 1.59. The van der Waals surface area contributed by atoms with E-state index in [-0.39, 0.29) is 5.91 Å². The average molecular weight is 371 g/mol. The summed E-state index contributed by atoms with van der Waals surface area (Å²) in [6.45, 7) is 4.85. The maximum atomic E-state index is 12.4. The Labute approximate surface area is 156 Å². The summed E-state index contributed by atoms with van der Waals surface area (Å²) >= 11 is 1.39. The molecule has 26 heavy (non-hydrogen) atoms. The third-order valence-corrected chi connectivity index (χ3v) is 4.73. The number of rotatable bonds is 7. The molecular formula is C19H21N3O3S. The Balaban J connectivity index is 1.58. The highest BCUT2D eigenvalue weighted by Gasteiger charge is 2.11. The third-order valence-electron chi connectivity index (χ3n) is 3.75. The van der Waals surface area contributed by atoms with Crippen LogP contribution in [0.2, 0.25) is 0 Å². The second kappa shape index (κ2) is 8.16. The van der Waals surface area contributed by atoms with Crippen LogP contribution in [0.4, 0.5) is 5.69 Å². The molecule has 3 rings (SSSR count). The van der Waals surface area contributed by atoms with Gasteiger partial charge in [0.2, 0.25) is 0 Å². The number of carbonyl (C=O) groups is 1. The van der Waals surface area contributed by atoms with Crippen molar-refractivity contribution in [3.63, 3.8) is 0 Å². The fraction of sp³-hybridized carbons (Fsp3) is 0.263. The Bertz CT molecular complexity index is 901. The summed E-state index contributed by atoms with van der Waals surface area (Å²) in [6.07, 6.45) is 3.31. The number of nitrogens with one attached hydrogen (secondary N) is 1. The summed E-state index contributed by atoms with van der Waals surface area (Å²) in [4.78, 5) is 13.0. The first-order valence-electron chi connectivity index (χ1n) is 8.15. The van der Waals surface area contributed by atoms with Crippen LogP contribution in [0, 0.1) is 13.8 Å². The Kier molecular flexibility index (Phi) is 5.70. The molecule has 2 heterocycles. The maximum absolute atomic E-state index is 12.4. The molecule has 1 aromatic carbocycles. The van der Waals surface area contributed by atoms with Crippen LogP contribution in [-0.2, 0) is 18.1 Å². The summed E-state index contributed by atoms with van der Waals surface area (Å²) in [5.74, 6) is 0.697. The number of hydrogen-bond donors (Lipinski definition) is 1. The molecule has 2 aromatic heterocycles. The van der Waals surface area contributed by atoms with Gasteiger partial charge in [0.05, 0.1) is 23.0 Å². The Hall–Kier alpha value is -2.64. The van der Waals surface area contributed by atoms with E-state index in [0.717, 1.165) is 16.9 Å². The molecular weight excluding hydrogens is 350 g/mol. The van der Waals surface area contributed by atoms with Crippen LogP contribution in [0.25, 0.3) is 0 Å². The van der Waals surface area contributed by atoms with Crippen molar-refractivity contribution in [2.45, 2.75) is 27.2 Å². The number of aryl methyl sites for hydroxylation is 2. The monoisotopic (exact) mass is 371 g/mol. The van der Waals surface area contributed by atoms with E-state index in [1.54, 1.807) is 24.2 Å². The number of carbonyl (C=O) groups excluding carboxylic acids is 1. The molecule has 1 N–H and O–H groups in total. The van der Waals surface area contributed by atoms with Gasteiger partial charge in [-0.15, -0.1) is 11.3 Å². The van der Waals surface area contributed by atoms with E-state index in [1.807, 2.05) is 30.5 Å². The van der Waals surface area contributed by atoms with Crippen molar-refractivity contribution in [3.05, 3.63) is 63.6 Å². The lowest BCUT2D eigenvalue weighted by Gasteiger charge is -2.08. The fourth-order valence-corrected chi connectivity index (χ4v) is 3.31. The second-order valence-electron chi connectivity index (χ2n) is 6.02. The fourth-order valence-electron chi connectivity index (χ4n) is 2.52. The molecule has 0 bridgehead atoms. The summed E-state index contributed by atoms with van der Waals surface area (Å²) in [5.41, 5.74) is 3.91. The standard InChI is InChI=1S/C19H21N3O3S/c1-13-4-5-17(14(2)6-13)25-10-15-7-18(26-11-15)19(23)21-16-8-20-22(9-16)12-24-3/h4-9,11H,10,12H2,1-3H3,(H,21,23). The van der Waals surface area contributed by atoms with Crippen molar-refractivity contribution in [3.8, 4) is 5.75 Å². The first kappa shape index (κ1) is 18.2. The lowest BCUT2D eigenvalue weighted by Crippen LogP contribution is -2.09. The molecule has 0 aliphatic heterocycles. The molecule has 0 atom stereocenters. The topological polar surface area (TPSA) is 65.4 Å². The number of amides is 1. The van der Waals surface area contributed by atoms with Gasteiger partial charge in [-0.05, 0) is 36.9 Å². The van der Waals surface area contributed by atoms with E-state index >= 15 is 0 Å². The van der Waals surface area contributed by atoms with E-state index in [4.69, 9.17) is 9.47 Å². The number of anilines is 1. The number of thiophene rings is 1. The lowest BCUT2D eigenvalue weighted by molar-refractivity contribution is 0.103. The molecule has 0 aliphatic carbocycles. The Morgan fingerprint density at radius 1 is 1.31 bits per heavy atom. The third kappa shape index (κ3) is 4.50. The SMILES string of the molecule is COCn1cc(NC(=O)c2cc(COc3ccc(C)cc3C)cs2)cn1. The highest BCUT2D eigenvalue weighted by Crippen LogP contribution is 2.22. The predicted octanol–water partition coefficient (Wildman–Crippen LogP) is 4.00. The van der Waals surface area contributed by atoms with Crippen LogP contribution in [0.1, 0.15) is 26.4 Å². The summed E-state index contributed by atoms with van der Waals surface area (Å²) in [5, 5.41) is 8.86. The van der Waals surface area contributed by atoms with Crippen molar-refractivity contribution < 1.29 is 14.3 Å².